The molecule has 0 saturated heterocycles. The van der Waals surface area contributed by atoms with Crippen molar-refractivity contribution in [2.75, 3.05) is 0 Å². The summed E-state index contributed by atoms with van der Waals surface area (Å²) >= 11 is 0. The molecule has 0 heterocycles. The normalized spacial score (nSPS) is 17.7. The first-order valence-electron chi connectivity index (χ1n) is 7.99. The molecule has 1 saturated carbocycles. The quantitative estimate of drug-likeness (QED) is 0.571. The van der Waals surface area contributed by atoms with E-state index in [0.717, 1.165) is 32.1 Å². The molecule has 1 atom stereocenters. The lowest BCUT2D eigenvalue weighted by Gasteiger charge is -2.19. The summed E-state index contributed by atoms with van der Waals surface area (Å²) in [5.74, 6) is 1.46. The van der Waals surface area contributed by atoms with Gasteiger partial charge in [0.2, 0.25) is 0 Å². The SMILES string of the molecule is CC[C@H](C)Cc1ccc(OC(=O)C2CCCCC2)cc1. The molecule has 0 bridgehead atoms. The van der Waals surface area contributed by atoms with Crippen molar-refractivity contribution in [3.05, 3.63) is 29.8 Å². The molecule has 1 aliphatic carbocycles. The zero-order valence-electron chi connectivity index (χ0n) is 12.7. The van der Waals surface area contributed by atoms with Crippen LogP contribution < -0.4 is 4.74 Å². The molecule has 2 heteroatoms. The number of hydrogen-bond donors (Lipinski definition) is 0. The highest BCUT2D eigenvalue weighted by Gasteiger charge is 2.22. The average molecular weight is 274 g/mol. The molecule has 1 aliphatic rings. The molecular weight excluding hydrogens is 248 g/mol. The molecule has 1 fully saturated rings. The van der Waals surface area contributed by atoms with Gasteiger partial charge in [-0.25, -0.2) is 0 Å². The number of ether oxygens (including phenoxy) is 1. The zero-order valence-corrected chi connectivity index (χ0v) is 12.7. The Balaban J connectivity index is 1.88. The second-order valence-corrected chi connectivity index (χ2v) is 6.12. The van der Waals surface area contributed by atoms with Crippen LogP contribution in [0, 0.1) is 11.8 Å². The minimum atomic E-state index is -0.0422. The molecule has 0 spiro atoms. The van der Waals surface area contributed by atoms with Gasteiger partial charge in [0, 0.05) is 0 Å². The number of benzene rings is 1. The Hall–Kier alpha value is -1.31. The molecule has 0 radical (unpaired) electrons. The standard InChI is InChI=1S/C18H26O2/c1-3-14(2)13-15-9-11-17(12-10-15)20-18(19)16-7-5-4-6-8-16/h9-12,14,16H,3-8,13H2,1-2H3/t14-/m0/s1. The maximum Gasteiger partial charge on any atom is 0.314 e. The number of carbonyl (C=O) groups excluding carboxylic acids is 1. The third kappa shape index (κ3) is 4.36. The minimum absolute atomic E-state index is 0.0422. The fraction of sp³-hybridized carbons (Fsp3) is 0.611. The third-order valence-corrected chi connectivity index (χ3v) is 4.36. The van der Waals surface area contributed by atoms with Gasteiger partial charge in [0.25, 0.3) is 0 Å². The average Bonchev–Trinajstić information content (AvgIpc) is 2.50. The summed E-state index contributed by atoms with van der Waals surface area (Å²) < 4.78 is 5.50. The van der Waals surface area contributed by atoms with E-state index in [-0.39, 0.29) is 11.9 Å². The van der Waals surface area contributed by atoms with Crippen molar-refractivity contribution >= 4 is 5.97 Å². The van der Waals surface area contributed by atoms with Crippen LogP contribution in [-0.4, -0.2) is 5.97 Å². The van der Waals surface area contributed by atoms with Crippen LogP contribution in [0.3, 0.4) is 0 Å². The van der Waals surface area contributed by atoms with Crippen molar-refractivity contribution in [3.8, 4) is 5.75 Å². The fourth-order valence-corrected chi connectivity index (χ4v) is 2.78. The highest BCUT2D eigenvalue weighted by atomic mass is 16.5. The molecule has 20 heavy (non-hydrogen) atoms. The molecule has 1 aromatic carbocycles. The van der Waals surface area contributed by atoms with Gasteiger partial charge >= 0.3 is 5.97 Å². The molecule has 2 nitrogen and oxygen atoms in total. The number of rotatable bonds is 5. The summed E-state index contributed by atoms with van der Waals surface area (Å²) in [6, 6.07) is 8.02. The maximum atomic E-state index is 12.1. The predicted molar refractivity (Wildman–Crippen MR) is 81.8 cm³/mol. The van der Waals surface area contributed by atoms with E-state index in [9.17, 15) is 4.79 Å². The molecule has 0 amide bonds. The lowest BCUT2D eigenvalue weighted by molar-refractivity contribution is -0.139. The van der Waals surface area contributed by atoms with E-state index < -0.39 is 0 Å². The summed E-state index contributed by atoms with van der Waals surface area (Å²) in [6.45, 7) is 4.47. The predicted octanol–water partition coefficient (Wildman–Crippen LogP) is 4.76. The fourth-order valence-electron chi connectivity index (χ4n) is 2.78. The Labute approximate surface area is 122 Å². The molecule has 0 unspecified atom stereocenters. The van der Waals surface area contributed by atoms with Crippen molar-refractivity contribution in [3.63, 3.8) is 0 Å². The van der Waals surface area contributed by atoms with Gasteiger partial charge in [-0.3, -0.25) is 4.79 Å². The summed E-state index contributed by atoms with van der Waals surface area (Å²) in [5, 5.41) is 0. The minimum Gasteiger partial charge on any atom is -0.426 e. The molecule has 0 N–H and O–H groups in total. The van der Waals surface area contributed by atoms with Gasteiger partial charge in [0.05, 0.1) is 5.92 Å². The highest BCUT2D eigenvalue weighted by molar-refractivity contribution is 5.75. The van der Waals surface area contributed by atoms with E-state index in [4.69, 9.17) is 4.74 Å². The monoisotopic (exact) mass is 274 g/mol. The summed E-state index contributed by atoms with van der Waals surface area (Å²) in [7, 11) is 0. The second kappa shape index (κ2) is 7.47. The second-order valence-electron chi connectivity index (χ2n) is 6.12. The van der Waals surface area contributed by atoms with Gasteiger partial charge in [-0.05, 0) is 42.9 Å². The van der Waals surface area contributed by atoms with E-state index >= 15 is 0 Å². The summed E-state index contributed by atoms with van der Waals surface area (Å²) in [6.07, 6.45) is 7.84. The first-order chi connectivity index (χ1) is 9.69. The van der Waals surface area contributed by atoms with Crippen molar-refractivity contribution in [1.29, 1.82) is 0 Å². The van der Waals surface area contributed by atoms with Gasteiger partial charge in [0.15, 0.2) is 0 Å². The molecule has 0 aliphatic heterocycles. The molecule has 1 aromatic rings. The van der Waals surface area contributed by atoms with Crippen LogP contribution in [0.1, 0.15) is 57.9 Å². The van der Waals surface area contributed by atoms with E-state index in [0.29, 0.717) is 11.7 Å². The lowest BCUT2D eigenvalue weighted by Crippen LogP contribution is -2.22. The van der Waals surface area contributed by atoms with Gasteiger partial charge in [-0.15, -0.1) is 0 Å². The smallest absolute Gasteiger partial charge is 0.314 e. The molecule has 110 valence electrons. The summed E-state index contributed by atoms with van der Waals surface area (Å²) in [4.78, 5) is 12.1. The maximum absolute atomic E-state index is 12.1. The highest BCUT2D eigenvalue weighted by Crippen LogP contribution is 2.26. The third-order valence-electron chi connectivity index (χ3n) is 4.36. The Kier molecular flexibility index (Phi) is 5.63. The largest absolute Gasteiger partial charge is 0.426 e. The molecule has 2 rings (SSSR count). The van der Waals surface area contributed by atoms with E-state index in [1.54, 1.807) is 0 Å². The lowest BCUT2D eigenvalue weighted by atomic mass is 9.89. The van der Waals surface area contributed by atoms with Gasteiger partial charge < -0.3 is 4.74 Å². The van der Waals surface area contributed by atoms with Crippen molar-refractivity contribution in [2.24, 2.45) is 11.8 Å². The van der Waals surface area contributed by atoms with Crippen LogP contribution in [-0.2, 0) is 11.2 Å². The molecule has 0 aromatic heterocycles. The first-order valence-corrected chi connectivity index (χ1v) is 7.99. The van der Waals surface area contributed by atoms with Crippen molar-refractivity contribution in [1.82, 2.24) is 0 Å². The van der Waals surface area contributed by atoms with Crippen LogP contribution in [0.15, 0.2) is 24.3 Å². The Morgan fingerprint density at radius 3 is 2.45 bits per heavy atom. The van der Waals surface area contributed by atoms with Gasteiger partial charge in [-0.1, -0.05) is 51.7 Å². The van der Waals surface area contributed by atoms with Crippen molar-refractivity contribution in [2.45, 2.75) is 58.8 Å². The Morgan fingerprint density at radius 2 is 1.85 bits per heavy atom. The van der Waals surface area contributed by atoms with Crippen LogP contribution in [0.5, 0.6) is 5.75 Å². The number of hydrogen-bond acceptors (Lipinski definition) is 2. The van der Waals surface area contributed by atoms with Crippen LogP contribution >= 0.6 is 0 Å². The molecular formula is C18H26O2. The first kappa shape index (κ1) is 15.1. The van der Waals surface area contributed by atoms with Crippen LogP contribution in [0.4, 0.5) is 0 Å². The van der Waals surface area contributed by atoms with E-state index in [1.807, 2.05) is 12.1 Å². The Morgan fingerprint density at radius 1 is 1.20 bits per heavy atom. The van der Waals surface area contributed by atoms with E-state index in [1.165, 1.54) is 18.4 Å². The van der Waals surface area contributed by atoms with Crippen LogP contribution in [0.2, 0.25) is 0 Å². The topological polar surface area (TPSA) is 26.3 Å². The van der Waals surface area contributed by atoms with Gasteiger partial charge in [-0.2, -0.15) is 0 Å². The summed E-state index contributed by atoms with van der Waals surface area (Å²) in [5.41, 5.74) is 1.32. The Bertz CT molecular complexity index is 416. The van der Waals surface area contributed by atoms with E-state index in [2.05, 4.69) is 26.0 Å². The van der Waals surface area contributed by atoms with Gasteiger partial charge in [0.1, 0.15) is 5.75 Å². The van der Waals surface area contributed by atoms with Crippen molar-refractivity contribution < 1.29 is 9.53 Å². The van der Waals surface area contributed by atoms with Crippen LogP contribution in [0.25, 0.3) is 0 Å². The number of carbonyl (C=O) groups is 1. The zero-order chi connectivity index (χ0) is 14.4. The number of esters is 1.